The maximum Gasteiger partial charge on any atom is 0.251 e. The summed E-state index contributed by atoms with van der Waals surface area (Å²) in [6, 6.07) is 16.3. The van der Waals surface area contributed by atoms with Crippen molar-refractivity contribution < 1.29 is 34.3 Å². The number of para-hydroxylation sites is 1. The van der Waals surface area contributed by atoms with E-state index < -0.39 is 31.1 Å². The Hall–Kier alpha value is -4.14. The highest BCUT2D eigenvalue weighted by molar-refractivity contribution is 5.94. The standard InChI is InChI=1S/C27H30N6O7/c34-14-20-22(35)23(36)27(40-20)33-16-32-21-24(30-15-31-25(21)33)28-10-12-38-13-11-29-26(37)17-6-8-19(9-7-17)39-18-4-2-1-3-5-18/h1-9,15-16,20,22-23,27,34-36H,10-14H2,(H,29,37)(H,28,30,31)/t20-,22-,23-,27-/m1/s1. The Bertz CT molecular complexity index is 1400. The van der Waals surface area contributed by atoms with Crippen molar-refractivity contribution in [2.24, 2.45) is 0 Å². The Morgan fingerprint density at radius 2 is 1.70 bits per heavy atom. The van der Waals surface area contributed by atoms with Crippen molar-refractivity contribution >= 4 is 22.9 Å². The number of carbonyl (C=O) groups excluding carboxylic acids is 1. The summed E-state index contributed by atoms with van der Waals surface area (Å²) < 4.78 is 18.4. The lowest BCUT2D eigenvalue weighted by molar-refractivity contribution is -0.0511. The number of rotatable bonds is 12. The molecular weight excluding hydrogens is 520 g/mol. The summed E-state index contributed by atoms with van der Waals surface area (Å²) in [7, 11) is 0. The summed E-state index contributed by atoms with van der Waals surface area (Å²) in [6.07, 6.45) is -1.54. The fraction of sp³-hybridized carbons (Fsp3) is 0.333. The van der Waals surface area contributed by atoms with Crippen LogP contribution >= 0.6 is 0 Å². The number of fused-ring (bicyclic) bond motifs is 1. The monoisotopic (exact) mass is 550 g/mol. The topological polar surface area (TPSA) is 173 Å². The minimum atomic E-state index is -1.25. The highest BCUT2D eigenvalue weighted by atomic mass is 16.6. The molecule has 13 heteroatoms. The van der Waals surface area contributed by atoms with Gasteiger partial charge in [-0.05, 0) is 36.4 Å². The van der Waals surface area contributed by atoms with Gasteiger partial charge in [0.15, 0.2) is 23.2 Å². The number of amides is 1. The smallest absolute Gasteiger partial charge is 0.251 e. The van der Waals surface area contributed by atoms with Crippen LogP contribution in [0.25, 0.3) is 11.2 Å². The minimum Gasteiger partial charge on any atom is -0.457 e. The van der Waals surface area contributed by atoms with Crippen LogP contribution in [0.15, 0.2) is 67.3 Å². The second-order valence-electron chi connectivity index (χ2n) is 9.01. The van der Waals surface area contributed by atoms with Crippen molar-refractivity contribution in [1.29, 1.82) is 0 Å². The number of benzene rings is 2. The SMILES string of the molecule is O=C(NCCOCCNc1ncnc2c1ncn2[C@@H]1O[C@H](CO)[C@@H](O)[C@H]1O)c1ccc(Oc2ccccc2)cc1. The Balaban J connectivity index is 1.04. The van der Waals surface area contributed by atoms with Gasteiger partial charge in [0.05, 0.1) is 26.1 Å². The third-order valence-corrected chi connectivity index (χ3v) is 6.32. The highest BCUT2D eigenvalue weighted by Crippen LogP contribution is 2.32. The number of anilines is 1. The first kappa shape index (κ1) is 27.4. The number of imidazole rings is 1. The molecule has 40 heavy (non-hydrogen) atoms. The van der Waals surface area contributed by atoms with Gasteiger partial charge in [0.2, 0.25) is 0 Å². The zero-order valence-electron chi connectivity index (χ0n) is 21.5. The van der Waals surface area contributed by atoms with Crippen LogP contribution in [0.1, 0.15) is 16.6 Å². The number of hydrogen-bond acceptors (Lipinski definition) is 11. The molecule has 4 aromatic rings. The predicted molar refractivity (Wildman–Crippen MR) is 143 cm³/mol. The van der Waals surface area contributed by atoms with E-state index in [0.29, 0.717) is 54.6 Å². The first-order valence-electron chi connectivity index (χ1n) is 12.8. The summed E-state index contributed by atoms with van der Waals surface area (Å²) in [4.78, 5) is 25.2. The average molecular weight is 551 g/mol. The lowest BCUT2D eigenvalue weighted by Gasteiger charge is -2.16. The van der Waals surface area contributed by atoms with Crippen LogP contribution in [0.4, 0.5) is 5.82 Å². The Kier molecular flexibility index (Phi) is 8.78. The van der Waals surface area contributed by atoms with Crippen molar-refractivity contribution in [3.8, 4) is 11.5 Å². The summed E-state index contributed by atoms with van der Waals surface area (Å²) in [6.45, 7) is 1.01. The van der Waals surface area contributed by atoms with E-state index in [0.717, 1.165) is 5.75 Å². The minimum absolute atomic E-state index is 0.207. The molecule has 1 aliphatic heterocycles. The first-order valence-corrected chi connectivity index (χ1v) is 12.8. The largest absolute Gasteiger partial charge is 0.457 e. The fourth-order valence-electron chi connectivity index (χ4n) is 4.26. The van der Waals surface area contributed by atoms with E-state index in [1.165, 1.54) is 17.2 Å². The first-order chi connectivity index (χ1) is 19.5. The summed E-state index contributed by atoms with van der Waals surface area (Å²) >= 11 is 0. The van der Waals surface area contributed by atoms with Crippen LogP contribution in [0.3, 0.4) is 0 Å². The van der Waals surface area contributed by atoms with E-state index in [1.807, 2.05) is 30.3 Å². The van der Waals surface area contributed by atoms with Crippen molar-refractivity contribution in [2.75, 3.05) is 38.2 Å². The van der Waals surface area contributed by atoms with E-state index in [9.17, 15) is 20.1 Å². The van der Waals surface area contributed by atoms with Crippen molar-refractivity contribution in [3.05, 3.63) is 72.8 Å². The molecular formula is C27H30N6O7. The molecule has 13 nitrogen and oxygen atoms in total. The molecule has 2 aromatic carbocycles. The van der Waals surface area contributed by atoms with Crippen molar-refractivity contribution in [1.82, 2.24) is 24.8 Å². The maximum absolute atomic E-state index is 12.4. The summed E-state index contributed by atoms with van der Waals surface area (Å²) in [5, 5.41) is 35.7. The zero-order chi connectivity index (χ0) is 27.9. The number of aliphatic hydroxyl groups excluding tert-OH is 3. The molecule has 0 radical (unpaired) electrons. The summed E-state index contributed by atoms with van der Waals surface area (Å²) in [5.74, 6) is 1.62. The maximum atomic E-state index is 12.4. The van der Waals surface area contributed by atoms with Crippen LogP contribution in [0, 0.1) is 0 Å². The molecule has 1 amide bonds. The van der Waals surface area contributed by atoms with Crippen molar-refractivity contribution in [2.45, 2.75) is 24.5 Å². The predicted octanol–water partition coefficient (Wildman–Crippen LogP) is 1.09. The molecule has 210 valence electrons. The molecule has 3 heterocycles. The number of nitrogens with one attached hydrogen (secondary N) is 2. The third-order valence-electron chi connectivity index (χ3n) is 6.32. The van der Waals surface area contributed by atoms with Crippen LogP contribution in [-0.2, 0) is 9.47 Å². The van der Waals surface area contributed by atoms with Gasteiger partial charge < -0.3 is 40.2 Å². The van der Waals surface area contributed by atoms with E-state index in [-0.39, 0.29) is 5.91 Å². The molecule has 1 fully saturated rings. The Morgan fingerprint density at radius 3 is 2.45 bits per heavy atom. The molecule has 2 aromatic heterocycles. The molecule has 1 saturated heterocycles. The average Bonchev–Trinajstić information content (AvgIpc) is 3.54. The van der Waals surface area contributed by atoms with E-state index >= 15 is 0 Å². The van der Waals surface area contributed by atoms with Gasteiger partial charge >= 0.3 is 0 Å². The number of carbonyl (C=O) groups is 1. The second kappa shape index (κ2) is 12.8. The molecule has 1 aliphatic rings. The highest BCUT2D eigenvalue weighted by Gasteiger charge is 2.44. The number of nitrogens with zero attached hydrogens (tertiary/aromatic N) is 4. The van der Waals surface area contributed by atoms with Crippen LogP contribution in [-0.4, -0.2) is 92.0 Å². The molecule has 0 aliphatic carbocycles. The molecule has 0 spiro atoms. The van der Waals surface area contributed by atoms with Gasteiger partial charge in [-0.15, -0.1) is 0 Å². The quantitative estimate of drug-likeness (QED) is 0.160. The normalized spacial score (nSPS) is 20.5. The van der Waals surface area contributed by atoms with Gasteiger partial charge in [-0.25, -0.2) is 15.0 Å². The number of hydrogen-bond donors (Lipinski definition) is 5. The molecule has 0 saturated carbocycles. The van der Waals surface area contributed by atoms with Gasteiger partial charge in [-0.1, -0.05) is 18.2 Å². The summed E-state index contributed by atoms with van der Waals surface area (Å²) in [5.41, 5.74) is 1.37. The molecule has 4 atom stereocenters. The fourth-order valence-corrected chi connectivity index (χ4v) is 4.26. The van der Waals surface area contributed by atoms with Gasteiger partial charge in [-0.2, -0.15) is 0 Å². The Morgan fingerprint density at radius 1 is 0.950 bits per heavy atom. The molecule has 5 rings (SSSR count). The van der Waals surface area contributed by atoms with Gasteiger partial charge in [0.1, 0.15) is 36.1 Å². The van der Waals surface area contributed by atoms with Crippen LogP contribution < -0.4 is 15.4 Å². The van der Waals surface area contributed by atoms with E-state index in [1.54, 1.807) is 24.3 Å². The molecule has 5 N–H and O–H groups in total. The van der Waals surface area contributed by atoms with Crippen molar-refractivity contribution in [3.63, 3.8) is 0 Å². The van der Waals surface area contributed by atoms with Crippen LogP contribution in [0.2, 0.25) is 0 Å². The lowest BCUT2D eigenvalue weighted by Crippen LogP contribution is -2.33. The third kappa shape index (κ3) is 6.19. The second-order valence-corrected chi connectivity index (χ2v) is 9.01. The van der Waals surface area contributed by atoms with E-state index in [4.69, 9.17) is 14.2 Å². The van der Waals surface area contributed by atoms with Crippen LogP contribution in [0.5, 0.6) is 11.5 Å². The van der Waals surface area contributed by atoms with E-state index in [2.05, 4.69) is 25.6 Å². The molecule has 0 unspecified atom stereocenters. The number of ether oxygens (including phenoxy) is 3. The van der Waals surface area contributed by atoms with Gasteiger partial charge in [0.25, 0.3) is 5.91 Å². The number of aliphatic hydroxyl groups is 3. The molecule has 0 bridgehead atoms. The zero-order valence-corrected chi connectivity index (χ0v) is 21.5. The number of aromatic nitrogens is 4. The Labute approximate surface area is 229 Å². The van der Waals surface area contributed by atoms with Gasteiger partial charge in [0, 0.05) is 18.7 Å². The lowest BCUT2D eigenvalue weighted by atomic mass is 10.1. The van der Waals surface area contributed by atoms with Gasteiger partial charge in [-0.3, -0.25) is 9.36 Å².